The highest BCUT2D eigenvalue weighted by molar-refractivity contribution is 7.21. The fourth-order valence-electron chi connectivity index (χ4n) is 4.48. The third-order valence-electron chi connectivity index (χ3n) is 6.45. The van der Waals surface area contributed by atoms with Crippen LogP contribution in [0.1, 0.15) is 63.9 Å². The van der Waals surface area contributed by atoms with E-state index in [2.05, 4.69) is 12.1 Å². The number of thiophene rings is 2. The van der Waals surface area contributed by atoms with Crippen molar-refractivity contribution in [2.75, 3.05) is 14.2 Å². The average molecular weight is 552 g/mol. The lowest BCUT2D eigenvalue weighted by atomic mass is 10.0. The van der Waals surface area contributed by atoms with Crippen LogP contribution < -0.4 is 9.47 Å². The molecule has 9 heteroatoms. The number of nitriles is 1. The van der Waals surface area contributed by atoms with Crippen LogP contribution in [0.25, 0.3) is 20.2 Å². The van der Waals surface area contributed by atoms with Gasteiger partial charge in [-0.15, -0.1) is 22.7 Å². The molecule has 198 valence electrons. The zero-order chi connectivity index (χ0) is 27.2. The number of benzene rings is 2. The number of carboxylic acids is 1. The van der Waals surface area contributed by atoms with Gasteiger partial charge in [-0.25, -0.2) is 0 Å². The largest absolute Gasteiger partial charge is 0.496 e. The molecule has 1 unspecified atom stereocenters. The molecule has 0 aliphatic heterocycles. The van der Waals surface area contributed by atoms with Gasteiger partial charge in [0.05, 0.1) is 37.7 Å². The van der Waals surface area contributed by atoms with Gasteiger partial charge in [0.2, 0.25) is 0 Å². The number of aryl methyl sites for hydroxylation is 2. The Morgan fingerprint density at radius 2 is 1.53 bits per heavy atom. The second-order valence-corrected chi connectivity index (χ2v) is 11.2. The summed E-state index contributed by atoms with van der Waals surface area (Å²) in [6.45, 7) is 0. The fourth-order valence-corrected chi connectivity index (χ4v) is 6.62. The highest BCUT2D eigenvalue weighted by Gasteiger charge is 2.16. The summed E-state index contributed by atoms with van der Waals surface area (Å²) in [7, 11) is 3.29. The molecule has 0 aliphatic carbocycles. The monoisotopic (exact) mass is 551 g/mol. The van der Waals surface area contributed by atoms with Crippen LogP contribution in [0.4, 0.5) is 0 Å². The number of Topliss-reactive ketones (excluding diaryl/α,β-unsaturated/α-hetero) is 1. The van der Waals surface area contributed by atoms with Crippen LogP contribution in [0.3, 0.4) is 0 Å². The number of ketones is 1. The number of aliphatic hydroxyl groups excluding tert-OH is 1. The van der Waals surface area contributed by atoms with E-state index in [0.717, 1.165) is 66.9 Å². The lowest BCUT2D eigenvalue weighted by molar-refractivity contribution is -0.136. The van der Waals surface area contributed by atoms with Crippen molar-refractivity contribution in [3.05, 3.63) is 57.3 Å². The van der Waals surface area contributed by atoms with Gasteiger partial charge in [0.1, 0.15) is 11.5 Å². The van der Waals surface area contributed by atoms with Crippen LogP contribution in [-0.4, -0.2) is 36.2 Å². The molecule has 2 aromatic carbocycles. The maximum absolute atomic E-state index is 12.4. The van der Waals surface area contributed by atoms with Gasteiger partial charge in [-0.1, -0.05) is 0 Å². The van der Waals surface area contributed by atoms with E-state index in [1.54, 1.807) is 14.2 Å². The number of aliphatic carboxylic acids is 1. The van der Waals surface area contributed by atoms with Crippen molar-refractivity contribution in [3.63, 3.8) is 0 Å². The van der Waals surface area contributed by atoms with Crippen molar-refractivity contribution in [1.82, 2.24) is 0 Å². The number of carboxylic acid groups (broad SMARTS) is 1. The van der Waals surface area contributed by atoms with Crippen LogP contribution in [0.5, 0.6) is 11.5 Å². The molecule has 0 amide bonds. The Morgan fingerprint density at radius 3 is 2.11 bits per heavy atom. The second-order valence-electron chi connectivity index (χ2n) is 9.05. The highest BCUT2D eigenvalue weighted by atomic mass is 32.1. The van der Waals surface area contributed by atoms with Gasteiger partial charge < -0.3 is 19.7 Å². The first-order chi connectivity index (χ1) is 18.3. The number of methoxy groups -OCH3 is 2. The predicted molar refractivity (Wildman–Crippen MR) is 150 cm³/mol. The maximum Gasteiger partial charge on any atom is 0.303 e. The molecule has 2 aromatic heterocycles. The number of hydrogen-bond acceptors (Lipinski definition) is 8. The number of hydrogen-bond donors (Lipinski definition) is 2. The summed E-state index contributed by atoms with van der Waals surface area (Å²) >= 11 is 2.88. The summed E-state index contributed by atoms with van der Waals surface area (Å²) in [6.07, 6.45) is 2.29. The van der Waals surface area contributed by atoms with Crippen molar-refractivity contribution < 1.29 is 29.3 Å². The molecule has 0 bridgehead atoms. The van der Waals surface area contributed by atoms with Gasteiger partial charge in [-0.2, -0.15) is 5.26 Å². The van der Waals surface area contributed by atoms with Gasteiger partial charge in [0, 0.05) is 27.1 Å². The Labute approximate surface area is 228 Å². The number of ether oxygens (including phenoxy) is 2. The summed E-state index contributed by atoms with van der Waals surface area (Å²) in [5.74, 6) is 0.430. The summed E-state index contributed by atoms with van der Waals surface area (Å²) in [4.78, 5) is 24.6. The lowest BCUT2D eigenvalue weighted by Gasteiger charge is -2.11. The van der Waals surface area contributed by atoms with Crippen molar-refractivity contribution >= 4 is 54.6 Å². The van der Waals surface area contributed by atoms with E-state index in [9.17, 15) is 14.7 Å². The minimum atomic E-state index is -0.980. The second kappa shape index (κ2) is 12.4. The third kappa shape index (κ3) is 6.33. The maximum atomic E-state index is 12.4. The molecule has 7 nitrogen and oxygen atoms in total. The van der Waals surface area contributed by atoms with Gasteiger partial charge in [0.25, 0.3) is 0 Å². The summed E-state index contributed by atoms with van der Waals surface area (Å²) in [5, 5.41) is 30.1. The van der Waals surface area contributed by atoms with Crippen LogP contribution >= 0.6 is 22.7 Å². The van der Waals surface area contributed by atoms with Crippen LogP contribution in [0, 0.1) is 11.3 Å². The number of carbonyl (C=O) groups is 2. The minimum Gasteiger partial charge on any atom is -0.496 e. The van der Waals surface area contributed by atoms with E-state index in [4.69, 9.17) is 19.8 Å². The molecule has 0 spiro atoms. The molecule has 4 aromatic rings. The zero-order valence-corrected chi connectivity index (χ0v) is 22.9. The number of fused-ring (bicyclic) bond motifs is 2. The van der Waals surface area contributed by atoms with E-state index >= 15 is 0 Å². The molecule has 1 atom stereocenters. The van der Waals surface area contributed by atoms with E-state index in [0.29, 0.717) is 17.7 Å². The number of carbonyl (C=O) groups excluding carboxylic acids is 1. The molecule has 38 heavy (non-hydrogen) atoms. The number of nitrogens with zero attached hydrogens (tertiary/aromatic N) is 1. The third-order valence-corrected chi connectivity index (χ3v) is 8.79. The Hall–Kier alpha value is -3.45. The quantitative estimate of drug-likeness (QED) is 0.178. The van der Waals surface area contributed by atoms with Crippen LogP contribution in [-0.2, 0) is 17.6 Å². The fraction of sp³-hybridized carbons (Fsp3) is 0.345. The smallest absolute Gasteiger partial charge is 0.303 e. The van der Waals surface area contributed by atoms with Crippen LogP contribution in [0.2, 0.25) is 0 Å². The van der Waals surface area contributed by atoms with Crippen molar-refractivity contribution in [3.8, 4) is 17.6 Å². The van der Waals surface area contributed by atoms with Crippen molar-refractivity contribution in [2.24, 2.45) is 0 Å². The highest BCUT2D eigenvalue weighted by Crippen LogP contribution is 2.37. The van der Waals surface area contributed by atoms with E-state index in [1.807, 2.05) is 30.3 Å². The molecule has 2 N–H and O–H groups in total. The Bertz CT molecular complexity index is 1510. The van der Waals surface area contributed by atoms with Gasteiger partial charge in [0.15, 0.2) is 5.78 Å². The van der Waals surface area contributed by atoms with Gasteiger partial charge >= 0.3 is 5.97 Å². The first kappa shape index (κ1) is 27.6. The molecule has 0 saturated heterocycles. The zero-order valence-electron chi connectivity index (χ0n) is 21.3. The summed E-state index contributed by atoms with van der Waals surface area (Å²) in [5.41, 5.74) is 2.12. The van der Waals surface area contributed by atoms with E-state index in [-0.39, 0.29) is 18.6 Å². The topological polar surface area (TPSA) is 117 Å². The molecular formula is C29H29NO6S2. The predicted octanol–water partition coefficient (Wildman–Crippen LogP) is 6.69. The summed E-state index contributed by atoms with van der Waals surface area (Å²) in [6, 6.07) is 14.0. The molecule has 0 radical (unpaired) electrons. The molecule has 0 fully saturated rings. The first-order valence-corrected chi connectivity index (χ1v) is 14.0. The van der Waals surface area contributed by atoms with E-state index in [1.165, 1.54) is 22.7 Å². The normalized spacial score (nSPS) is 11.9. The molecule has 2 heterocycles. The summed E-state index contributed by atoms with van der Waals surface area (Å²) < 4.78 is 13.3. The molecular weight excluding hydrogens is 522 g/mol. The number of aliphatic hydroxyl groups is 1. The Morgan fingerprint density at radius 1 is 0.921 bits per heavy atom. The van der Waals surface area contributed by atoms with E-state index < -0.39 is 12.1 Å². The number of rotatable bonds is 13. The minimum absolute atomic E-state index is 0.0111. The lowest BCUT2D eigenvalue weighted by Crippen LogP contribution is -2.01. The van der Waals surface area contributed by atoms with Gasteiger partial charge in [-0.05, 0) is 84.0 Å². The average Bonchev–Trinajstić information content (AvgIpc) is 3.52. The molecule has 0 aliphatic rings. The van der Waals surface area contributed by atoms with Crippen molar-refractivity contribution in [2.45, 2.75) is 51.0 Å². The first-order valence-electron chi connectivity index (χ1n) is 12.3. The van der Waals surface area contributed by atoms with Crippen LogP contribution in [0.15, 0.2) is 36.4 Å². The van der Waals surface area contributed by atoms with Crippen molar-refractivity contribution in [1.29, 1.82) is 5.26 Å². The van der Waals surface area contributed by atoms with Gasteiger partial charge in [-0.3, -0.25) is 9.59 Å². The Balaban J connectivity index is 1.49. The molecule has 4 rings (SSSR count). The Kier molecular flexibility index (Phi) is 9.00. The standard InChI is InChI=1S/C29H29NO6S2/c1-35-23-15-25-19(13-27(37-25)21(31)7-4-10-30)11-17(23)5-3-6-18-12-20-14-28(22(32)8-9-29(33)34)38-26(20)16-24(18)36-2/h11-16,21,31H,3-9H2,1-2H3,(H,33,34). The molecule has 0 saturated carbocycles. The SMILES string of the molecule is COc1cc2sc(C(=O)CCC(=O)O)cc2cc1CCCc1cc2cc(C(O)CCC#N)sc2cc1OC.